The van der Waals surface area contributed by atoms with Crippen LogP contribution in [0.1, 0.15) is 39.5 Å². The topological polar surface area (TPSA) is 67.8 Å². The summed E-state index contributed by atoms with van der Waals surface area (Å²) in [5.74, 6) is -0.792. The second kappa shape index (κ2) is 7.71. The lowest BCUT2D eigenvalue weighted by Gasteiger charge is -2.26. The first kappa shape index (κ1) is 15.4. The molecule has 0 bridgehead atoms. The minimum Gasteiger partial charge on any atom is -0.480 e. The Morgan fingerprint density at radius 3 is 2.94 bits per heavy atom. The molecule has 0 spiro atoms. The summed E-state index contributed by atoms with van der Waals surface area (Å²) in [7, 11) is 0. The molecule has 18 heavy (non-hydrogen) atoms. The van der Waals surface area contributed by atoms with E-state index < -0.39 is 11.5 Å². The third-order valence-electron chi connectivity index (χ3n) is 3.30. The lowest BCUT2D eigenvalue weighted by atomic mass is 9.96. The normalized spacial score (nSPS) is 22.9. The first-order valence-corrected chi connectivity index (χ1v) is 6.76. The van der Waals surface area contributed by atoms with E-state index in [2.05, 4.69) is 5.32 Å². The average molecular weight is 259 g/mol. The highest BCUT2D eigenvalue weighted by Gasteiger charge is 2.31. The molecule has 0 aromatic rings. The zero-order valence-electron chi connectivity index (χ0n) is 11.4. The molecule has 5 heteroatoms. The summed E-state index contributed by atoms with van der Waals surface area (Å²) >= 11 is 0. The minimum absolute atomic E-state index is 0.199. The molecule has 1 fully saturated rings. The molecular weight excluding hydrogens is 234 g/mol. The highest BCUT2D eigenvalue weighted by atomic mass is 16.5. The number of hydrogen-bond acceptors (Lipinski definition) is 4. The van der Waals surface area contributed by atoms with Crippen LogP contribution in [0, 0.1) is 0 Å². The average Bonchev–Trinajstić information content (AvgIpc) is 2.85. The molecule has 0 amide bonds. The summed E-state index contributed by atoms with van der Waals surface area (Å²) in [5.41, 5.74) is -0.842. The van der Waals surface area contributed by atoms with Crippen LogP contribution >= 0.6 is 0 Å². The van der Waals surface area contributed by atoms with E-state index in [0.717, 1.165) is 32.4 Å². The van der Waals surface area contributed by atoms with Gasteiger partial charge in [0.05, 0.1) is 12.7 Å². The van der Waals surface area contributed by atoms with Crippen LogP contribution in [0.15, 0.2) is 0 Å². The molecule has 0 radical (unpaired) electrons. The van der Waals surface area contributed by atoms with Crippen LogP contribution in [0.5, 0.6) is 0 Å². The van der Waals surface area contributed by atoms with Gasteiger partial charge in [0, 0.05) is 13.2 Å². The molecule has 5 nitrogen and oxygen atoms in total. The van der Waals surface area contributed by atoms with E-state index in [0.29, 0.717) is 19.6 Å². The summed E-state index contributed by atoms with van der Waals surface area (Å²) in [4.78, 5) is 11.3. The van der Waals surface area contributed by atoms with Gasteiger partial charge in [0.15, 0.2) is 0 Å². The SMILES string of the molecule is CCCNC(C)(CCCOC1CCOC1)C(=O)O. The lowest BCUT2D eigenvalue weighted by molar-refractivity contribution is -0.144. The van der Waals surface area contributed by atoms with E-state index in [-0.39, 0.29) is 6.10 Å². The predicted octanol–water partition coefficient (Wildman–Crippen LogP) is 1.41. The third kappa shape index (κ3) is 4.92. The van der Waals surface area contributed by atoms with Crippen molar-refractivity contribution < 1.29 is 19.4 Å². The molecule has 1 rings (SSSR count). The van der Waals surface area contributed by atoms with E-state index in [1.807, 2.05) is 6.92 Å². The van der Waals surface area contributed by atoms with Crippen LogP contribution < -0.4 is 5.32 Å². The summed E-state index contributed by atoms with van der Waals surface area (Å²) in [6, 6.07) is 0. The van der Waals surface area contributed by atoms with E-state index in [1.54, 1.807) is 6.92 Å². The van der Waals surface area contributed by atoms with Gasteiger partial charge in [0.1, 0.15) is 5.54 Å². The molecule has 0 aromatic heterocycles. The summed E-state index contributed by atoms with van der Waals surface area (Å²) in [5, 5.41) is 12.3. The molecule has 1 saturated heterocycles. The van der Waals surface area contributed by atoms with Crippen LogP contribution in [0.2, 0.25) is 0 Å². The Bertz CT molecular complexity index is 253. The molecule has 1 heterocycles. The van der Waals surface area contributed by atoms with Gasteiger partial charge in [-0.05, 0) is 39.2 Å². The third-order valence-corrected chi connectivity index (χ3v) is 3.30. The highest BCUT2D eigenvalue weighted by molar-refractivity contribution is 5.78. The van der Waals surface area contributed by atoms with E-state index in [9.17, 15) is 9.90 Å². The number of carbonyl (C=O) groups is 1. The van der Waals surface area contributed by atoms with Crippen molar-refractivity contribution in [2.24, 2.45) is 0 Å². The predicted molar refractivity (Wildman–Crippen MR) is 68.7 cm³/mol. The second-order valence-corrected chi connectivity index (χ2v) is 5.02. The van der Waals surface area contributed by atoms with E-state index >= 15 is 0 Å². The maximum atomic E-state index is 11.3. The Hall–Kier alpha value is -0.650. The van der Waals surface area contributed by atoms with Gasteiger partial charge in [-0.1, -0.05) is 6.92 Å². The number of carboxylic acids is 1. The standard InChI is InChI=1S/C13H25NO4/c1-3-7-14-13(2,12(15)16)6-4-8-18-11-5-9-17-10-11/h11,14H,3-10H2,1-2H3,(H,15,16). The first-order valence-electron chi connectivity index (χ1n) is 6.76. The van der Waals surface area contributed by atoms with Crippen LogP contribution in [0.25, 0.3) is 0 Å². The fraction of sp³-hybridized carbons (Fsp3) is 0.923. The first-order chi connectivity index (χ1) is 8.58. The van der Waals surface area contributed by atoms with Crippen molar-refractivity contribution in [2.75, 3.05) is 26.4 Å². The Labute approximate surface area is 109 Å². The quantitative estimate of drug-likeness (QED) is 0.613. The van der Waals surface area contributed by atoms with Crippen molar-refractivity contribution in [3.8, 4) is 0 Å². The monoisotopic (exact) mass is 259 g/mol. The van der Waals surface area contributed by atoms with Gasteiger partial charge >= 0.3 is 5.97 Å². The van der Waals surface area contributed by atoms with E-state index in [4.69, 9.17) is 9.47 Å². The maximum Gasteiger partial charge on any atom is 0.323 e. The Morgan fingerprint density at radius 1 is 1.61 bits per heavy atom. The van der Waals surface area contributed by atoms with Gasteiger partial charge in [-0.15, -0.1) is 0 Å². The molecular formula is C13H25NO4. The van der Waals surface area contributed by atoms with Gasteiger partial charge in [0.2, 0.25) is 0 Å². The Balaban J connectivity index is 2.21. The molecule has 1 aliphatic heterocycles. The number of hydrogen-bond donors (Lipinski definition) is 2. The number of ether oxygens (including phenoxy) is 2. The summed E-state index contributed by atoms with van der Waals surface area (Å²) in [6.45, 7) is 6.53. The van der Waals surface area contributed by atoms with Crippen LogP contribution in [0.4, 0.5) is 0 Å². The zero-order chi connectivity index (χ0) is 13.4. The summed E-state index contributed by atoms with van der Waals surface area (Å²) < 4.78 is 10.9. The molecule has 0 saturated carbocycles. The van der Waals surface area contributed by atoms with Gasteiger partial charge in [-0.2, -0.15) is 0 Å². The van der Waals surface area contributed by atoms with Crippen LogP contribution in [-0.4, -0.2) is 49.1 Å². The smallest absolute Gasteiger partial charge is 0.323 e. The fourth-order valence-electron chi connectivity index (χ4n) is 1.99. The Morgan fingerprint density at radius 2 is 2.39 bits per heavy atom. The van der Waals surface area contributed by atoms with Crippen LogP contribution in [-0.2, 0) is 14.3 Å². The molecule has 106 valence electrons. The number of rotatable bonds is 9. The van der Waals surface area contributed by atoms with Gasteiger partial charge < -0.3 is 19.9 Å². The van der Waals surface area contributed by atoms with Crippen molar-refractivity contribution in [1.29, 1.82) is 0 Å². The van der Waals surface area contributed by atoms with Crippen LogP contribution in [0.3, 0.4) is 0 Å². The number of carboxylic acid groups (broad SMARTS) is 1. The van der Waals surface area contributed by atoms with Gasteiger partial charge in [-0.25, -0.2) is 0 Å². The zero-order valence-corrected chi connectivity index (χ0v) is 11.4. The second-order valence-electron chi connectivity index (χ2n) is 5.02. The minimum atomic E-state index is -0.842. The highest BCUT2D eigenvalue weighted by Crippen LogP contribution is 2.15. The van der Waals surface area contributed by atoms with Crippen molar-refractivity contribution in [3.05, 3.63) is 0 Å². The Kier molecular flexibility index (Phi) is 6.60. The van der Waals surface area contributed by atoms with Crippen molar-refractivity contribution >= 4 is 5.97 Å². The molecule has 1 aliphatic rings. The van der Waals surface area contributed by atoms with E-state index in [1.165, 1.54) is 0 Å². The van der Waals surface area contributed by atoms with Crippen molar-refractivity contribution in [1.82, 2.24) is 5.32 Å². The van der Waals surface area contributed by atoms with Gasteiger partial charge in [0.25, 0.3) is 0 Å². The molecule has 2 unspecified atom stereocenters. The maximum absolute atomic E-state index is 11.3. The number of aliphatic carboxylic acids is 1. The van der Waals surface area contributed by atoms with Gasteiger partial charge in [-0.3, -0.25) is 4.79 Å². The molecule has 0 aromatic carbocycles. The molecule has 0 aliphatic carbocycles. The molecule has 2 atom stereocenters. The summed E-state index contributed by atoms with van der Waals surface area (Å²) in [6.07, 6.45) is 3.40. The lowest BCUT2D eigenvalue weighted by Crippen LogP contribution is -2.49. The molecule has 2 N–H and O–H groups in total. The fourth-order valence-corrected chi connectivity index (χ4v) is 1.99. The van der Waals surface area contributed by atoms with Crippen molar-refractivity contribution in [2.45, 2.75) is 51.2 Å². The van der Waals surface area contributed by atoms with Crippen molar-refractivity contribution in [3.63, 3.8) is 0 Å². The number of nitrogens with one attached hydrogen (secondary N) is 1. The largest absolute Gasteiger partial charge is 0.480 e.